The van der Waals surface area contributed by atoms with Crippen molar-refractivity contribution in [3.05, 3.63) is 11.8 Å². The van der Waals surface area contributed by atoms with E-state index in [0.29, 0.717) is 12.0 Å². The number of carbonyl (C=O) groups is 1. The molecule has 0 unspecified atom stereocenters. The molecule has 11 heavy (non-hydrogen) atoms. The number of hydrazine groups is 1. The Hall–Kier alpha value is -1.03. The van der Waals surface area contributed by atoms with E-state index in [-0.39, 0.29) is 0 Å². The first kappa shape index (κ1) is 9.97. The van der Waals surface area contributed by atoms with Crippen LogP contribution < -0.4 is 5.84 Å². The number of nitrogens with two attached hydrogens (primary N) is 1. The lowest BCUT2D eigenvalue weighted by molar-refractivity contribution is -0.132. The predicted molar refractivity (Wildman–Crippen MR) is 42.6 cm³/mol. The van der Waals surface area contributed by atoms with E-state index in [2.05, 4.69) is 0 Å². The monoisotopic (exact) mass is 158 g/mol. The smallest absolute Gasteiger partial charge is 0.333 e. The molecule has 0 aromatic rings. The largest absolute Gasteiger partial charge is 0.478 e. The Morgan fingerprint density at radius 1 is 1.73 bits per heavy atom. The Balaban J connectivity index is 4.20. The lowest BCUT2D eigenvalue weighted by atomic mass is 10.2. The number of nitrogens with zero attached hydrogens (tertiary/aromatic N) is 1. The Bertz CT molecular complexity index is 164. The Kier molecular flexibility index (Phi) is 4.29. The molecule has 0 aliphatic rings. The predicted octanol–water partition coefficient (Wildman–Crippen LogP) is 0.560. The van der Waals surface area contributed by atoms with Crippen molar-refractivity contribution in [3.8, 4) is 0 Å². The van der Waals surface area contributed by atoms with E-state index in [1.165, 1.54) is 11.2 Å². The third kappa shape index (κ3) is 4.38. The summed E-state index contributed by atoms with van der Waals surface area (Å²) in [5.41, 5.74) is 0.345. The molecule has 0 radical (unpaired) electrons. The summed E-state index contributed by atoms with van der Waals surface area (Å²) in [6.07, 6.45) is 2.79. The third-order valence-electron chi connectivity index (χ3n) is 1.15. The van der Waals surface area contributed by atoms with Crippen LogP contribution >= 0.6 is 0 Å². The highest BCUT2D eigenvalue weighted by Crippen LogP contribution is 2.04. The first-order valence-electron chi connectivity index (χ1n) is 3.49. The molecule has 64 valence electrons. The molecule has 0 amide bonds. The standard InChI is InChI=1S/C7H14N2O2/c1-3-4-6(7(10)11)5-9(2)8/h5H,3-4,8H2,1-2H3,(H,10,11)/b6-5+. The van der Waals surface area contributed by atoms with Crippen LogP contribution in [0.4, 0.5) is 0 Å². The molecule has 0 rings (SSSR count). The van der Waals surface area contributed by atoms with Gasteiger partial charge in [0.15, 0.2) is 0 Å². The van der Waals surface area contributed by atoms with Crippen molar-refractivity contribution < 1.29 is 9.90 Å². The number of hydrogen-bond acceptors (Lipinski definition) is 3. The summed E-state index contributed by atoms with van der Waals surface area (Å²) in [6, 6.07) is 0. The highest BCUT2D eigenvalue weighted by atomic mass is 16.4. The summed E-state index contributed by atoms with van der Waals surface area (Å²) in [5, 5.41) is 9.85. The molecule has 0 aliphatic carbocycles. The summed E-state index contributed by atoms with van der Waals surface area (Å²) in [7, 11) is 1.60. The topological polar surface area (TPSA) is 66.6 Å². The van der Waals surface area contributed by atoms with E-state index in [1.807, 2.05) is 6.92 Å². The van der Waals surface area contributed by atoms with Crippen molar-refractivity contribution in [2.45, 2.75) is 19.8 Å². The van der Waals surface area contributed by atoms with Crippen LogP contribution in [0.5, 0.6) is 0 Å². The summed E-state index contributed by atoms with van der Waals surface area (Å²) in [5.74, 6) is 4.36. The summed E-state index contributed by atoms with van der Waals surface area (Å²) >= 11 is 0. The second kappa shape index (κ2) is 4.73. The molecule has 0 atom stereocenters. The van der Waals surface area contributed by atoms with Gasteiger partial charge in [0, 0.05) is 13.2 Å². The highest BCUT2D eigenvalue weighted by molar-refractivity contribution is 5.86. The third-order valence-corrected chi connectivity index (χ3v) is 1.15. The number of carboxylic acids is 1. The van der Waals surface area contributed by atoms with Crippen LogP contribution in [0.3, 0.4) is 0 Å². The summed E-state index contributed by atoms with van der Waals surface area (Å²) < 4.78 is 0. The second-order valence-corrected chi connectivity index (χ2v) is 2.37. The van der Waals surface area contributed by atoms with Gasteiger partial charge < -0.3 is 10.1 Å². The molecule has 4 nitrogen and oxygen atoms in total. The number of carboxylic acid groups (broad SMARTS) is 1. The van der Waals surface area contributed by atoms with Gasteiger partial charge in [-0.3, -0.25) is 0 Å². The van der Waals surface area contributed by atoms with E-state index in [1.54, 1.807) is 7.05 Å². The van der Waals surface area contributed by atoms with Crippen molar-refractivity contribution in [2.24, 2.45) is 5.84 Å². The van der Waals surface area contributed by atoms with Gasteiger partial charge in [-0.25, -0.2) is 10.6 Å². The molecule has 0 saturated carbocycles. The quantitative estimate of drug-likeness (QED) is 0.356. The zero-order valence-electron chi connectivity index (χ0n) is 6.87. The summed E-state index contributed by atoms with van der Waals surface area (Å²) in [6.45, 7) is 1.92. The lowest BCUT2D eigenvalue weighted by Crippen LogP contribution is -2.20. The molecule has 0 fully saturated rings. The van der Waals surface area contributed by atoms with Crippen molar-refractivity contribution in [1.29, 1.82) is 0 Å². The van der Waals surface area contributed by atoms with Gasteiger partial charge in [0.25, 0.3) is 0 Å². The fraction of sp³-hybridized carbons (Fsp3) is 0.571. The molecule has 0 saturated heterocycles. The molecular weight excluding hydrogens is 144 g/mol. The van der Waals surface area contributed by atoms with Gasteiger partial charge in [0.05, 0.1) is 5.57 Å². The Morgan fingerprint density at radius 2 is 2.27 bits per heavy atom. The average molecular weight is 158 g/mol. The van der Waals surface area contributed by atoms with Crippen LogP contribution in [0.15, 0.2) is 11.8 Å². The second-order valence-electron chi connectivity index (χ2n) is 2.37. The summed E-state index contributed by atoms with van der Waals surface area (Å²) in [4.78, 5) is 10.5. The van der Waals surface area contributed by atoms with Crippen molar-refractivity contribution in [1.82, 2.24) is 5.01 Å². The van der Waals surface area contributed by atoms with Crippen LogP contribution in [0.25, 0.3) is 0 Å². The van der Waals surface area contributed by atoms with Gasteiger partial charge in [0.1, 0.15) is 0 Å². The van der Waals surface area contributed by atoms with Crippen molar-refractivity contribution in [2.75, 3.05) is 7.05 Å². The molecule has 0 aromatic heterocycles. The minimum Gasteiger partial charge on any atom is -0.478 e. The number of aliphatic carboxylic acids is 1. The maximum atomic E-state index is 10.5. The van der Waals surface area contributed by atoms with Crippen LogP contribution in [0.2, 0.25) is 0 Å². The zero-order chi connectivity index (χ0) is 8.85. The molecule has 3 N–H and O–H groups in total. The number of hydrogen-bond donors (Lipinski definition) is 2. The normalized spacial score (nSPS) is 11.4. The van der Waals surface area contributed by atoms with Gasteiger partial charge in [-0.05, 0) is 6.42 Å². The molecular formula is C7H14N2O2. The average Bonchev–Trinajstić information content (AvgIpc) is 1.86. The molecule has 0 bridgehead atoms. The van der Waals surface area contributed by atoms with Crippen molar-refractivity contribution >= 4 is 5.97 Å². The van der Waals surface area contributed by atoms with Crippen LogP contribution in [-0.2, 0) is 4.79 Å². The van der Waals surface area contributed by atoms with E-state index < -0.39 is 5.97 Å². The van der Waals surface area contributed by atoms with Gasteiger partial charge in [-0.15, -0.1) is 0 Å². The van der Waals surface area contributed by atoms with Crippen LogP contribution in [0.1, 0.15) is 19.8 Å². The SMILES string of the molecule is CCC/C(=C\N(C)N)C(=O)O. The van der Waals surface area contributed by atoms with E-state index >= 15 is 0 Å². The van der Waals surface area contributed by atoms with E-state index in [9.17, 15) is 4.79 Å². The van der Waals surface area contributed by atoms with Gasteiger partial charge in [-0.1, -0.05) is 13.3 Å². The first-order chi connectivity index (χ1) is 5.07. The maximum absolute atomic E-state index is 10.5. The minimum absolute atomic E-state index is 0.345. The van der Waals surface area contributed by atoms with Crippen LogP contribution in [0, 0.1) is 0 Å². The minimum atomic E-state index is -0.899. The lowest BCUT2D eigenvalue weighted by Gasteiger charge is -2.06. The Labute approximate surface area is 66.3 Å². The maximum Gasteiger partial charge on any atom is 0.333 e. The van der Waals surface area contributed by atoms with Crippen molar-refractivity contribution in [3.63, 3.8) is 0 Å². The highest BCUT2D eigenvalue weighted by Gasteiger charge is 2.05. The van der Waals surface area contributed by atoms with Crippen LogP contribution in [-0.4, -0.2) is 23.1 Å². The molecule has 4 heteroatoms. The molecule has 0 aromatic carbocycles. The number of rotatable bonds is 4. The van der Waals surface area contributed by atoms with Gasteiger partial charge >= 0.3 is 5.97 Å². The first-order valence-corrected chi connectivity index (χ1v) is 3.49. The Morgan fingerprint density at radius 3 is 2.55 bits per heavy atom. The fourth-order valence-corrected chi connectivity index (χ4v) is 0.742. The molecule has 0 spiro atoms. The van der Waals surface area contributed by atoms with Gasteiger partial charge in [-0.2, -0.15) is 0 Å². The fourth-order valence-electron chi connectivity index (χ4n) is 0.742. The van der Waals surface area contributed by atoms with E-state index in [4.69, 9.17) is 10.9 Å². The molecule has 0 aliphatic heterocycles. The van der Waals surface area contributed by atoms with E-state index in [0.717, 1.165) is 6.42 Å². The van der Waals surface area contributed by atoms with Gasteiger partial charge in [0.2, 0.25) is 0 Å². The molecule has 0 heterocycles. The zero-order valence-corrected chi connectivity index (χ0v) is 6.87.